The fourth-order valence-corrected chi connectivity index (χ4v) is 5.10. The van der Waals surface area contributed by atoms with Gasteiger partial charge in [-0.2, -0.15) is 0 Å². The fourth-order valence-electron chi connectivity index (χ4n) is 3.96. The Morgan fingerprint density at radius 1 is 0.744 bits per heavy atom. The average molecular weight is 652 g/mol. The van der Waals surface area contributed by atoms with Crippen molar-refractivity contribution in [3.05, 3.63) is 152 Å². The van der Waals surface area contributed by atoms with Crippen LogP contribution in [0.15, 0.2) is 108 Å². The van der Waals surface area contributed by atoms with Gasteiger partial charge in [0.25, 0.3) is 5.69 Å². The van der Waals surface area contributed by atoms with Crippen molar-refractivity contribution in [1.29, 1.82) is 0 Å². The van der Waals surface area contributed by atoms with E-state index in [-0.39, 0.29) is 42.5 Å². The van der Waals surface area contributed by atoms with Gasteiger partial charge in [-0.25, -0.2) is 8.42 Å². The Labute approximate surface area is 249 Å². The molecule has 4 aromatic carbocycles. The predicted octanol–water partition coefficient (Wildman–Crippen LogP) is 4.81. The zero-order chi connectivity index (χ0) is 27.0. The van der Waals surface area contributed by atoms with E-state index in [1.807, 2.05) is 6.07 Å². The first kappa shape index (κ1) is 34.1. The van der Waals surface area contributed by atoms with Crippen molar-refractivity contribution in [2.24, 2.45) is 0 Å². The van der Waals surface area contributed by atoms with Crippen LogP contribution >= 0.6 is 0 Å². The Hall–Kier alpha value is -2.94. The van der Waals surface area contributed by atoms with E-state index in [9.17, 15) is 18.5 Å². The van der Waals surface area contributed by atoms with E-state index in [2.05, 4.69) is 43.7 Å². The van der Waals surface area contributed by atoms with E-state index in [1.54, 1.807) is 54.6 Å². The van der Waals surface area contributed by atoms with Gasteiger partial charge in [0.2, 0.25) is 0 Å². The molecule has 0 spiro atoms. The molecule has 0 amide bonds. The summed E-state index contributed by atoms with van der Waals surface area (Å²) in [5.74, 6) is 0. The summed E-state index contributed by atoms with van der Waals surface area (Å²) in [5, 5.41) is 10.8. The molecule has 39 heavy (non-hydrogen) atoms. The van der Waals surface area contributed by atoms with E-state index in [1.165, 1.54) is 16.7 Å². The van der Waals surface area contributed by atoms with E-state index < -0.39 is 27.0 Å². The molecule has 4 aromatic rings. The standard InChI is InChI=1S/C20H17N3O4S.C9H12.ClH.Ru/c21-19(15-7-3-1-4-8-15)20(16-9-5-2-6-10-16)22-28(26,27)18-13-11-17(12-14-18)23(24)25;1-7-4-8(2)6-9(3)5-7;;/h1-14,19-21H;4-6H,1-3H3;1H;/q-2;;;+3/p-1/t19-,20-;;;/m0.../s1. The first-order valence-corrected chi connectivity index (χ1v) is 13.1. The van der Waals surface area contributed by atoms with Gasteiger partial charge in [-0.15, -0.1) is 12.1 Å². The van der Waals surface area contributed by atoms with E-state index in [0.717, 1.165) is 24.3 Å². The van der Waals surface area contributed by atoms with Gasteiger partial charge < -0.3 is 22.9 Å². The van der Waals surface area contributed by atoms with Crippen LogP contribution in [0, 0.1) is 30.9 Å². The third-order valence-corrected chi connectivity index (χ3v) is 6.95. The van der Waals surface area contributed by atoms with Crippen molar-refractivity contribution >= 4 is 15.7 Å². The summed E-state index contributed by atoms with van der Waals surface area (Å²) in [5.41, 5.74) is 13.7. The second kappa shape index (κ2) is 15.6. The van der Waals surface area contributed by atoms with Crippen molar-refractivity contribution in [2.45, 2.75) is 37.8 Å². The molecule has 1 N–H and O–H groups in total. The molecule has 0 aliphatic rings. The maximum Gasteiger partial charge on any atom is 3.00 e. The van der Waals surface area contributed by atoms with Gasteiger partial charge >= 0.3 is 19.5 Å². The summed E-state index contributed by atoms with van der Waals surface area (Å²) < 4.78 is 29.6. The monoisotopic (exact) mass is 652 g/mol. The van der Waals surface area contributed by atoms with E-state index >= 15 is 0 Å². The Morgan fingerprint density at radius 3 is 1.56 bits per heavy atom. The second-order valence-corrected chi connectivity index (χ2v) is 10.4. The molecule has 10 heteroatoms. The van der Waals surface area contributed by atoms with Crippen LogP contribution in [0.1, 0.15) is 39.9 Å². The van der Waals surface area contributed by atoms with Crippen LogP contribution in [0.4, 0.5) is 5.69 Å². The molecule has 1 radical (unpaired) electrons. The van der Waals surface area contributed by atoms with Crippen LogP contribution < -0.4 is 12.4 Å². The maximum atomic E-state index is 12.8. The van der Waals surface area contributed by atoms with Gasteiger partial charge in [-0.05, 0) is 32.9 Å². The third kappa shape index (κ3) is 9.95. The molecular formula is C29H29ClN3O4RuS. The van der Waals surface area contributed by atoms with Crippen molar-refractivity contribution in [3.8, 4) is 0 Å². The number of sulfonamides is 1. The average Bonchev–Trinajstić information content (AvgIpc) is 2.87. The van der Waals surface area contributed by atoms with Gasteiger partial charge in [0.05, 0.1) is 4.92 Å². The second-order valence-electron chi connectivity index (χ2n) is 8.74. The fraction of sp³-hybridized carbons (Fsp3) is 0.172. The minimum atomic E-state index is -4.12. The number of hydrogen-bond donors (Lipinski definition) is 0. The molecule has 0 saturated carbocycles. The summed E-state index contributed by atoms with van der Waals surface area (Å²) in [7, 11) is -4.12. The van der Waals surface area contributed by atoms with Gasteiger partial charge in [0.15, 0.2) is 0 Å². The number of benzene rings is 4. The molecule has 2 atom stereocenters. The molecule has 0 heterocycles. The molecular weight excluding hydrogens is 623 g/mol. The van der Waals surface area contributed by atoms with Gasteiger partial charge in [-0.1, -0.05) is 107 Å². The molecule has 0 aliphatic heterocycles. The molecule has 0 unspecified atom stereocenters. The molecule has 4 rings (SSSR count). The number of halogens is 1. The Kier molecular flexibility index (Phi) is 13.6. The number of nitrogens with zero attached hydrogens (tertiary/aromatic N) is 2. The van der Waals surface area contributed by atoms with Crippen LogP contribution in [-0.2, 0) is 29.5 Å². The summed E-state index contributed by atoms with van der Waals surface area (Å²) in [6.07, 6.45) is 0. The van der Waals surface area contributed by atoms with Gasteiger partial charge in [0, 0.05) is 17.0 Å². The number of non-ortho nitro benzene ring substituents is 1. The van der Waals surface area contributed by atoms with Crippen LogP contribution in [-0.4, -0.2) is 13.3 Å². The summed E-state index contributed by atoms with van der Waals surface area (Å²) in [6, 6.07) is 26.9. The van der Waals surface area contributed by atoms with Gasteiger partial charge in [0.1, 0.15) is 10.0 Å². The summed E-state index contributed by atoms with van der Waals surface area (Å²) in [4.78, 5) is 10.0. The number of aryl methyl sites for hydroxylation is 3. The number of rotatable bonds is 7. The van der Waals surface area contributed by atoms with Crippen LogP contribution in [0.2, 0.25) is 0 Å². The molecule has 0 bridgehead atoms. The zero-order valence-electron chi connectivity index (χ0n) is 21.6. The Balaban J connectivity index is 0.000000590. The Bertz CT molecular complexity index is 1390. The van der Waals surface area contributed by atoms with Gasteiger partial charge in [-0.3, -0.25) is 10.1 Å². The normalized spacial score (nSPS) is 12.0. The Morgan fingerprint density at radius 2 is 1.15 bits per heavy atom. The minimum Gasteiger partial charge on any atom is -1.00 e. The number of nitro groups is 1. The molecule has 0 fully saturated rings. The van der Waals surface area contributed by atoms with Crippen molar-refractivity contribution in [3.63, 3.8) is 0 Å². The molecule has 0 aliphatic carbocycles. The smallest absolute Gasteiger partial charge is 1.00 e. The van der Waals surface area contributed by atoms with E-state index in [4.69, 9.17) is 5.73 Å². The first-order chi connectivity index (χ1) is 17.6. The quantitative estimate of drug-likeness (QED) is 0.162. The van der Waals surface area contributed by atoms with Crippen LogP contribution in [0.25, 0.3) is 10.5 Å². The predicted molar refractivity (Wildman–Crippen MR) is 147 cm³/mol. The summed E-state index contributed by atoms with van der Waals surface area (Å²) in [6.45, 7) is 6.38. The maximum absolute atomic E-state index is 12.8. The van der Waals surface area contributed by atoms with Crippen molar-refractivity contribution in [1.82, 2.24) is 0 Å². The first-order valence-electron chi connectivity index (χ1n) is 11.6. The largest absolute Gasteiger partial charge is 3.00 e. The molecule has 205 valence electrons. The third-order valence-electron chi connectivity index (χ3n) is 5.58. The molecule has 0 aromatic heterocycles. The molecule has 7 nitrogen and oxygen atoms in total. The molecule has 0 saturated heterocycles. The number of nitrogens with one attached hydrogen (secondary N) is 1. The summed E-state index contributed by atoms with van der Waals surface area (Å²) >= 11 is 0. The van der Waals surface area contributed by atoms with Crippen molar-refractivity contribution in [2.75, 3.05) is 0 Å². The minimum absolute atomic E-state index is 0. The number of nitro benzene ring substituents is 1. The van der Waals surface area contributed by atoms with E-state index in [0.29, 0.717) is 11.1 Å². The number of hydrogen-bond acceptors (Lipinski definition) is 4. The zero-order valence-corrected chi connectivity index (χ0v) is 24.9. The van der Waals surface area contributed by atoms with Crippen LogP contribution in [0.5, 0.6) is 0 Å². The topological polar surface area (TPSA) is 115 Å². The SMILES string of the molecule is Cc1cc(C)cc(C)c1.[Cl-].[NH-][C@@H](c1ccccc1)[C@@H]([N-]S(=O)(=O)c1ccc([N+](=O)[O-])cc1)c1ccccc1.[Ru+3]. The van der Waals surface area contributed by atoms with Crippen molar-refractivity contribution < 1.29 is 45.2 Å². The van der Waals surface area contributed by atoms with Crippen LogP contribution in [0.3, 0.4) is 0 Å².